The van der Waals surface area contributed by atoms with Crippen LogP contribution in [0.15, 0.2) is 24.3 Å². The zero-order valence-electron chi connectivity index (χ0n) is 17.7. The van der Waals surface area contributed by atoms with Gasteiger partial charge in [0.2, 0.25) is 0 Å². The van der Waals surface area contributed by atoms with Crippen LogP contribution < -0.4 is 15.4 Å². The predicted octanol–water partition coefficient (Wildman–Crippen LogP) is 2.46. The summed E-state index contributed by atoms with van der Waals surface area (Å²) >= 11 is 1.23. The highest BCUT2D eigenvalue weighted by molar-refractivity contribution is 7.16. The maximum Gasteiger partial charge on any atom is 0.341 e. The van der Waals surface area contributed by atoms with Gasteiger partial charge >= 0.3 is 11.9 Å². The summed E-state index contributed by atoms with van der Waals surface area (Å²) in [6.07, 6.45) is 0. The molecule has 1 aromatic carbocycles. The molecule has 1 heterocycles. The maximum atomic E-state index is 12.2. The fraction of sp³-hybridized carbons (Fsp3) is 0.333. The van der Waals surface area contributed by atoms with Crippen LogP contribution in [0.4, 0.5) is 5.00 Å². The van der Waals surface area contributed by atoms with Crippen LogP contribution in [-0.2, 0) is 19.1 Å². The topological polar surface area (TPSA) is 120 Å². The Morgan fingerprint density at radius 3 is 2.32 bits per heavy atom. The maximum absolute atomic E-state index is 12.2. The Morgan fingerprint density at radius 1 is 1.03 bits per heavy atom. The van der Waals surface area contributed by atoms with Crippen LogP contribution in [0.1, 0.15) is 38.1 Å². The highest BCUT2D eigenvalue weighted by atomic mass is 32.1. The van der Waals surface area contributed by atoms with E-state index in [9.17, 15) is 19.2 Å². The van der Waals surface area contributed by atoms with E-state index in [1.165, 1.54) is 18.4 Å². The highest BCUT2D eigenvalue weighted by Gasteiger charge is 2.22. The van der Waals surface area contributed by atoms with Gasteiger partial charge in [-0.2, -0.15) is 0 Å². The summed E-state index contributed by atoms with van der Waals surface area (Å²) in [5, 5.41) is 5.32. The minimum absolute atomic E-state index is 0.209. The lowest BCUT2D eigenvalue weighted by atomic mass is 10.1. The van der Waals surface area contributed by atoms with Crippen molar-refractivity contribution in [2.24, 2.45) is 0 Å². The largest absolute Gasteiger partial charge is 0.497 e. The molecule has 2 N–H and O–H groups in total. The third-order valence-electron chi connectivity index (χ3n) is 4.23. The average molecular weight is 448 g/mol. The molecule has 0 fully saturated rings. The summed E-state index contributed by atoms with van der Waals surface area (Å²) in [5.74, 6) is -1.78. The molecule has 1 aromatic heterocycles. The standard InChI is InChI=1S/C21H24N2O7S/c1-5-29-21(27)18-12(2)13(3)31-20(18)23-16(24)11-30-17(25)10-22-19(26)14-6-8-15(28-4)9-7-14/h6-9H,5,10-11H2,1-4H3,(H,22,26)(H,23,24). The van der Waals surface area contributed by atoms with Crippen molar-refractivity contribution in [1.82, 2.24) is 5.32 Å². The molecule has 0 aliphatic rings. The molecule has 0 saturated carbocycles. The zero-order valence-corrected chi connectivity index (χ0v) is 18.5. The van der Waals surface area contributed by atoms with Gasteiger partial charge in [-0.15, -0.1) is 11.3 Å². The number of nitrogens with one attached hydrogen (secondary N) is 2. The molecular weight excluding hydrogens is 424 g/mol. The number of hydrogen-bond donors (Lipinski definition) is 2. The Morgan fingerprint density at radius 2 is 1.71 bits per heavy atom. The number of ether oxygens (including phenoxy) is 3. The van der Waals surface area contributed by atoms with Gasteiger partial charge in [0.1, 0.15) is 17.3 Å². The van der Waals surface area contributed by atoms with E-state index in [1.54, 1.807) is 38.1 Å². The number of amides is 2. The molecule has 31 heavy (non-hydrogen) atoms. The molecule has 0 radical (unpaired) electrons. The van der Waals surface area contributed by atoms with E-state index in [2.05, 4.69) is 10.6 Å². The Hall–Kier alpha value is -3.40. The second kappa shape index (κ2) is 11.1. The molecule has 0 aliphatic carbocycles. The molecule has 9 nitrogen and oxygen atoms in total. The fourth-order valence-corrected chi connectivity index (χ4v) is 3.59. The van der Waals surface area contributed by atoms with E-state index in [0.717, 1.165) is 10.4 Å². The quantitative estimate of drug-likeness (QED) is 0.566. The SMILES string of the molecule is CCOC(=O)c1c(NC(=O)COC(=O)CNC(=O)c2ccc(OC)cc2)sc(C)c1C. The number of methoxy groups -OCH3 is 1. The lowest BCUT2D eigenvalue weighted by Gasteiger charge is -2.09. The molecular formula is C21H24N2O7S. The van der Waals surface area contributed by atoms with Gasteiger partial charge in [0.25, 0.3) is 11.8 Å². The molecule has 0 spiro atoms. The summed E-state index contributed by atoms with van der Waals surface area (Å²) in [7, 11) is 1.51. The summed E-state index contributed by atoms with van der Waals surface area (Å²) in [5.41, 5.74) is 1.36. The highest BCUT2D eigenvalue weighted by Crippen LogP contribution is 2.33. The third kappa shape index (κ3) is 6.54. The molecule has 10 heteroatoms. The van der Waals surface area contributed by atoms with Crippen molar-refractivity contribution in [2.75, 3.05) is 32.2 Å². The average Bonchev–Trinajstić information content (AvgIpc) is 3.03. The first kappa shape index (κ1) is 23.9. The Kier molecular flexibility index (Phi) is 8.56. The number of carbonyl (C=O) groups is 4. The first-order valence-corrected chi connectivity index (χ1v) is 10.2. The Balaban J connectivity index is 1.84. The number of carbonyl (C=O) groups excluding carboxylic acids is 4. The summed E-state index contributed by atoms with van der Waals surface area (Å²) < 4.78 is 14.9. The number of thiophene rings is 1. The van der Waals surface area contributed by atoms with Crippen molar-refractivity contribution in [3.8, 4) is 5.75 Å². The van der Waals surface area contributed by atoms with E-state index < -0.39 is 36.9 Å². The van der Waals surface area contributed by atoms with Crippen LogP contribution in [0.5, 0.6) is 5.75 Å². The Bertz CT molecular complexity index is 967. The zero-order chi connectivity index (χ0) is 23.0. The van der Waals surface area contributed by atoms with Gasteiger partial charge in [0.05, 0.1) is 19.3 Å². The molecule has 0 saturated heterocycles. The first-order valence-electron chi connectivity index (χ1n) is 9.41. The number of esters is 2. The van der Waals surface area contributed by atoms with Gasteiger partial charge < -0.3 is 24.8 Å². The van der Waals surface area contributed by atoms with E-state index in [-0.39, 0.29) is 12.2 Å². The van der Waals surface area contributed by atoms with Crippen molar-refractivity contribution < 1.29 is 33.4 Å². The van der Waals surface area contributed by atoms with Crippen LogP contribution in [0, 0.1) is 13.8 Å². The third-order valence-corrected chi connectivity index (χ3v) is 5.35. The predicted molar refractivity (Wildman–Crippen MR) is 115 cm³/mol. The summed E-state index contributed by atoms with van der Waals surface area (Å²) in [6.45, 7) is 4.53. The van der Waals surface area contributed by atoms with Crippen molar-refractivity contribution in [3.63, 3.8) is 0 Å². The number of aryl methyl sites for hydroxylation is 1. The summed E-state index contributed by atoms with van der Waals surface area (Å²) in [4.78, 5) is 49.0. The van der Waals surface area contributed by atoms with Crippen molar-refractivity contribution in [3.05, 3.63) is 45.8 Å². The summed E-state index contributed by atoms with van der Waals surface area (Å²) in [6, 6.07) is 6.35. The van der Waals surface area contributed by atoms with Gasteiger partial charge in [0, 0.05) is 10.4 Å². The molecule has 0 bridgehead atoms. The molecule has 0 aliphatic heterocycles. The normalized spacial score (nSPS) is 10.2. The minimum Gasteiger partial charge on any atom is -0.497 e. The Labute approximate surface area is 183 Å². The smallest absolute Gasteiger partial charge is 0.341 e. The van der Waals surface area contributed by atoms with Crippen LogP contribution in [0.2, 0.25) is 0 Å². The van der Waals surface area contributed by atoms with E-state index >= 15 is 0 Å². The lowest BCUT2D eigenvalue weighted by Crippen LogP contribution is -2.32. The van der Waals surface area contributed by atoms with Crippen molar-refractivity contribution in [2.45, 2.75) is 20.8 Å². The van der Waals surface area contributed by atoms with E-state index in [1.807, 2.05) is 6.92 Å². The molecule has 166 valence electrons. The van der Waals surface area contributed by atoms with Crippen LogP contribution in [0.25, 0.3) is 0 Å². The number of rotatable bonds is 9. The van der Waals surface area contributed by atoms with Crippen LogP contribution in [0.3, 0.4) is 0 Å². The second-order valence-electron chi connectivity index (χ2n) is 6.33. The fourth-order valence-electron chi connectivity index (χ4n) is 2.52. The van der Waals surface area contributed by atoms with Gasteiger partial charge in [-0.25, -0.2) is 4.79 Å². The van der Waals surface area contributed by atoms with Crippen LogP contribution >= 0.6 is 11.3 Å². The first-order chi connectivity index (χ1) is 14.8. The van der Waals surface area contributed by atoms with Gasteiger partial charge in [-0.05, 0) is 50.6 Å². The molecule has 0 unspecified atom stereocenters. The van der Waals surface area contributed by atoms with Gasteiger partial charge in [-0.3, -0.25) is 14.4 Å². The minimum atomic E-state index is -0.777. The molecule has 0 atom stereocenters. The lowest BCUT2D eigenvalue weighted by molar-refractivity contribution is -0.146. The van der Waals surface area contributed by atoms with E-state index in [0.29, 0.717) is 16.3 Å². The van der Waals surface area contributed by atoms with Crippen LogP contribution in [-0.4, -0.2) is 50.6 Å². The monoisotopic (exact) mass is 448 g/mol. The number of anilines is 1. The molecule has 2 amide bonds. The van der Waals surface area contributed by atoms with Gasteiger partial charge in [-0.1, -0.05) is 0 Å². The second-order valence-corrected chi connectivity index (χ2v) is 7.55. The van der Waals surface area contributed by atoms with Crippen molar-refractivity contribution in [1.29, 1.82) is 0 Å². The molecule has 2 aromatic rings. The number of benzene rings is 1. The van der Waals surface area contributed by atoms with Gasteiger partial charge in [0.15, 0.2) is 6.61 Å². The molecule has 2 rings (SSSR count). The van der Waals surface area contributed by atoms with E-state index in [4.69, 9.17) is 14.2 Å². The van der Waals surface area contributed by atoms with Crippen molar-refractivity contribution >= 4 is 40.1 Å². The number of hydrogen-bond acceptors (Lipinski definition) is 8.